The van der Waals surface area contributed by atoms with Crippen LogP contribution in [0.5, 0.6) is 0 Å². The number of carbonyl (C=O) groups is 1. The summed E-state index contributed by atoms with van der Waals surface area (Å²) in [7, 11) is 0. The molecule has 0 aromatic carbocycles. The quantitative estimate of drug-likeness (QED) is 0.652. The summed E-state index contributed by atoms with van der Waals surface area (Å²) in [5.74, 6) is -0.970. The molecule has 3 aromatic rings. The van der Waals surface area contributed by atoms with E-state index >= 15 is 0 Å². The molecule has 140 valence electrons. The van der Waals surface area contributed by atoms with Crippen LogP contribution >= 0.6 is 15.9 Å². The molecule has 1 fully saturated rings. The normalized spacial score (nSPS) is 20.1. The van der Waals surface area contributed by atoms with Crippen LogP contribution in [0.4, 0.5) is 10.2 Å². The van der Waals surface area contributed by atoms with Crippen LogP contribution in [0.15, 0.2) is 29.1 Å². The number of aliphatic carboxylic acids is 1. The van der Waals surface area contributed by atoms with E-state index in [1.165, 1.54) is 10.6 Å². The molecule has 0 saturated heterocycles. The molecule has 1 saturated carbocycles. The second kappa shape index (κ2) is 6.88. The average molecular weight is 434 g/mol. The topological polar surface area (TPSA) is 106 Å². The number of fused-ring (bicyclic) bond motifs is 1. The molecule has 0 bridgehead atoms. The monoisotopic (exact) mass is 433 g/mol. The van der Waals surface area contributed by atoms with E-state index < -0.39 is 11.8 Å². The van der Waals surface area contributed by atoms with Crippen molar-refractivity contribution in [3.63, 3.8) is 0 Å². The molecule has 3 aromatic heterocycles. The predicted octanol–water partition coefficient (Wildman–Crippen LogP) is 3.63. The van der Waals surface area contributed by atoms with Crippen molar-refractivity contribution in [1.29, 1.82) is 0 Å². The van der Waals surface area contributed by atoms with Gasteiger partial charge in [0.15, 0.2) is 5.65 Å². The van der Waals surface area contributed by atoms with Gasteiger partial charge in [-0.25, -0.2) is 9.37 Å². The smallest absolute Gasteiger partial charge is 0.306 e. The zero-order valence-electron chi connectivity index (χ0n) is 14.3. The summed E-state index contributed by atoms with van der Waals surface area (Å²) in [6.45, 7) is 0. The zero-order chi connectivity index (χ0) is 19.1. The Labute approximate surface area is 162 Å². The molecule has 0 unspecified atom stereocenters. The SMILES string of the molecule is Nc1c(Br)c(C2CCC(C(=O)O)CC2)nc2c(-c3cncc(F)c3)cnn12. The first kappa shape index (κ1) is 17.8. The molecule has 3 N–H and O–H groups in total. The average Bonchev–Trinajstić information content (AvgIpc) is 3.09. The second-order valence-electron chi connectivity index (χ2n) is 6.77. The number of hydrogen-bond acceptors (Lipinski definition) is 5. The lowest BCUT2D eigenvalue weighted by molar-refractivity contribution is -0.142. The molecule has 1 aliphatic carbocycles. The van der Waals surface area contributed by atoms with Crippen molar-refractivity contribution < 1.29 is 14.3 Å². The number of rotatable bonds is 3. The number of aromatic nitrogens is 4. The van der Waals surface area contributed by atoms with E-state index in [1.54, 1.807) is 12.4 Å². The summed E-state index contributed by atoms with van der Waals surface area (Å²) in [4.78, 5) is 19.9. The van der Waals surface area contributed by atoms with Gasteiger partial charge in [0.05, 0.1) is 28.5 Å². The molecule has 0 aliphatic heterocycles. The molecular formula is C18H17BrFN5O2. The Balaban J connectivity index is 1.77. The molecule has 0 amide bonds. The minimum atomic E-state index is -0.743. The van der Waals surface area contributed by atoms with Crippen LogP contribution in [0, 0.1) is 11.7 Å². The van der Waals surface area contributed by atoms with Crippen LogP contribution in [0.1, 0.15) is 37.3 Å². The van der Waals surface area contributed by atoms with Gasteiger partial charge < -0.3 is 10.8 Å². The molecule has 0 spiro atoms. The Bertz CT molecular complexity index is 1030. The summed E-state index contributed by atoms with van der Waals surface area (Å²) in [6.07, 6.45) is 6.95. The van der Waals surface area contributed by atoms with Gasteiger partial charge in [-0.2, -0.15) is 9.61 Å². The van der Waals surface area contributed by atoms with Crippen LogP contribution in [0.2, 0.25) is 0 Å². The summed E-state index contributed by atoms with van der Waals surface area (Å²) < 4.78 is 15.8. The fourth-order valence-corrected chi connectivity index (χ4v) is 4.24. The highest BCUT2D eigenvalue weighted by Gasteiger charge is 2.30. The molecule has 1 aliphatic rings. The van der Waals surface area contributed by atoms with Gasteiger partial charge in [0, 0.05) is 23.2 Å². The maximum Gasteiger partial charge on any atom is 0.306 e. The van der Waals surface area contributed by atoms with E-state index in [0.717, 1.165) is 24.7 Å². The summed E-state index contributed by atoms with van der Waals surface area (Å²) in [5.41, 5.74) is 8.78. The van der Waals surface area contributed by atoms with E-state index in [4.69, 9.17) is 10.7 Å². The van der Waals surface area contributed by atoms with Crippen molar-refractivity contribution >= 4 is 33.4 Å². The van der Waals surface area contributed by atoms with Crippen molar-refractivity contribution in [2.24, 2.45) is 5.92 Å². The number of nitrogen functional groups attached to an aromatic ring is 1. The van der Waals surface area contributed by atoms with Gasteiger partial charge in [-0.05, 0) is 47.7 Å². The Morgan fingerprint density at radius 3 is 2.67 bits per heavy atom. The molecule has 9 heteroatoms. The number of hydrogen-bond donors (Lipinski definition) is 2. The summed E-state index contributed by atoms with van der Waals surface area (Å²) in [6, 6.07) is 1.38. The standard InChI is InChI=1S/C18H17BrFN5O2/c19-14-15(9-1-3-10(4-2-9)18(26)27)24-17-13(8-23-25(17)16(14)21)11-5-12(20)7-22-6-11/h5-10H,1-4,21H2,(H,26,27). The Kier molecular flexibility index (Phi) is 4.55. The number of halogens is 2. The van der Waals surface area contributed by atoms with Crippen molar-refractivity contribution in [3.8, 4) is 11.1 Å². The second-order valence-corrected chi connectivity index (χ2v) is 7.56. The Morgan fingerprint density at radius 2 is 2.00 bits per heavy atom. The van der Waals surface area contributed by atoms with Gasteiger partial charge in [-0.1, -0.05) is 0 Å². The van der Waals surface area contributed by atoms with Crippen LogP contribution in [0.25, 0.3) is 16.8 Å². The summed E-state index contributed by atoms with van der Waals surface area (Å²) >= 11 is 3.52. The molecule has 7 nitrogen and oxygen atoms in total. The number of nitrogens with zero attached hydrogens (tertiary/aromatic N) is 4. The zero-order valence-corrected chi connectivity index (χ0v) is 15.9. The Hall–Kier alpha value is -2.55. The highest BCUT2D eigenvalue weighted by atomic mass is 79.9. The molecule has 3 heterocycles. The van der Waals surface area contributed by atoms with E-state index in [0.29, 0.717) is 39.9 Å². The highest BCUT2D eigenvalue weighted by Crippen LogP contribution is 2.40. The van der Waals surface area contributed by atoms with E-state index in [-0.39, 0.29) is 11.8 Å². The largest absolute Gasteiger partial charge is 0.481 e. The van der Waals surface area contributed by atoms with Gasteiger partial charge in [-0.3, -0.25) is 9.78 Å². The maximum absolute atomic E-state index is 13.6. The van der Waals surface area contributed by atoms with Gasteiger partial charge in [0.25, 0.3) is 0 Å². The third-order valence-corrected chi connectivity index (χ3v) is 5.94. The lowest BCUT2D eigenvalue weighted by Gasteiger charge is -2.26. The number of carboxylic acid groups (broad SMARTS) is 1. The van der Waals surface area contributed by atoms with Crippen LogP contribution in [-0.4, -0.2) is 30.7 Å². The van der Waals surface area contributed by atoms with Crippen LogP contribution < -0.4 is 5.73 Å². The van der Waals surface area contributed by atoms with Crippen molar-refractivity contribution in [2.45, 2.75) is 31.6 Å². The minimum absolute atomic E-state index is 0.107. The maximum atomic E-state index is 13.6. The van der Waals surface area contributed by atoms with Gasteiger partial charge >= 0.3 is 5.97 Å². The van der Waals surface area contributed by atoms with E-state index in [9.17, 15) is 14.3 Å². The van der Waals surface area contributed by atoms with E-state index in [1.807, 2.05) is 0 Å². The third-order valence-electron chi connectivity index (χ3n) is 5.13. The van der Waals surface area contributed by atoms with Gasteiger partial charge in [0.1, 0.15) is 11.6 Å². The van der Waals surface area contributed by atoms with Crippen molar-refractivity contribution in [3.05, 3.63) is 40.6 Å². The van der Waals surface area contributed by atoms with Crippen molar-refractivity contribution in [1.82, 2.24) is 19.6 Å². The van der Waals surface area contributed by atoms with Gasteiger partial charge in [0.2, 0.25) is 0 Å². The summed E-state index contributed by atoms with van der Waals surface area (Å²) in [5, 5.41) is 13.5. The van der Waals surface area contributed by atoms with E-state index in [2.05, 4.69) is 26.0 Å². The van der Waals surface area contributed by atoms with Crippen molar-refractivity contribution in [2.75, 3.05) is 5.73 Å². The Morgan fingerprint density at radius 1 is 1.26 bits per heavy atom. The predicted molar refractivity (Wildman–Crippen MR) is 101 cm³/mol. The lowest BCUT2D eigenvalue weighted by atomic mass is 9.80. The minimum Gasteiger partial charge on any atom is -0.481 e. The number of pyridine rings is 1. The highest BCUT2D eigenvalue weighted by molar-refractivity contribution is 9.10. The van der Waals surface area contributed by atoms with Crippen LogP contribution in [0.3, 0.4) is 0 Å². The molecule has 0 radical (unpaired) electrons. The first-order valence-corrected chi connectivity index (χ1v) is 9.41. The number of nitrogens with two attached hydrogens (primary N) is 1. The molecule has 27 heavy (non-hydrogen) atoms. The first-order valence-electron chi connectivity index (χ1n) is 8.62. The fourth-order valence-electron chi connectivity index (χ4n) is 3.66. The van der Waals surface area contributed by atoms with Gasteiger partial charge in [-0.15, -0.1) is 0 Å². The first-order chi connectivity index (χ1) is 13.0. The lowest BCUT2D eigenvalue weighted by Crippen LogP contribution is -2.21. The molecule has 4 rings (SSSR count). The number of anilines is 1. The number of carboxylic acids is 1. The third kappa shape index (κ3) is 3.16. The fraction of sp³-hybridized carbons (Fsp3) is 0.333. The molecule has 0 atom stereocenters. The van der Waals surface area contributed by atoms with Crippen LogP contribution in [-0.2, 0) is 4.79 Å². The molecular weight excluding hydrogens is 417 g/mol.